The summed E-state index contributed by atoms with van der Waals surface area (Å²) >= 11 is 1.74. The van der Waals surface area contributed by atoms with Crippen LogP contribution in [0.4, 0.5) is 0 Å². The number of benzene rings is 2. The monoisotopic (exact) mass is 396 g/mol. The molecule has 3 rings (SSSR count). The third-order valence-electron chi connectivity index (χ3n) is 5.10. The van der Waals surface area contributed by atoms with Gasteiger partial charge < -0.3 is 9.84 Å². The lowest BCUT2D eigenvalue weighted by atomic mass is 9.87. The Morgan fingerprint density at radius 3 is 2.32 bits per heavy atom. The van der Waals surface area contributed by atoms with Crippen molar-refractivity contribution >= 4 is 23.3 Å². The Morgan fingerprint density at radius 2 is 1.75 bits per heavy atom. The Bertz CT molecular complexity index is 846. The van der Waals surface area contributed by atoms with Gasteiger partial charge in [0.2, 0.25) is 0 Å². The lowest BCUT2D eigenvalue weighted by molar-refractivity contribution is -0.143. The second-order valence-electron chi connectivity index (χ2n) is 7.17. The lowest BCUT2D eigenvalue weighted by Crippen LogP contribution is -2.27. The van der Waals surface area contributed by atoms with Gasteiger partial charge in [-0.25, -0.2) is 4.79 Å². The van der Waals surface area contributed by atoms with Gasteiger partial charge in [0.15, 0.2) is 0 Å². The number of aliphatic hydroxyl groups excluding tert-OH is 1. The molecule has 1 heterocycles. The average Bonchev–Trinajstić information content (AvgIpc) is 2.68. The van der Waals surface area contributed by atoms with Crippen molar-refractivity contribution in [3.63, 3.8) is 0 Å². The highest BCUT2D eigenvalue weighted by Crippen LogP contribution is 2.35. The van der Waals surface area contributed by atoms with Gasteiger partial charge in [0.05, 0.1) is 0 Å². The van der Waals surface area contributed by atoms with Crippen LogP contribution in [-0.2, 0) is 22.4 Å². The van der Waals surface area contributed by atoms with E-state index in [-0.39, 0.29) is 11.9 Å². The van der Waals surface area contributed by atoms with Crippen LogP contribution in [0.25, 0.3) is 5.57 Å². The molecule has 0 radical (unpaired) electrons. The minimum absolute atomic E-state index is 0.166. The molecule has 148 valence electrons. The molecular formula is C24H28O3S. The first-order valence-electron chi connectivity index (χ1n) is 9.97. The molecule has 0 saturated heterocycles. The summed E-state index contributed by atoms with van der Waals surface area (Å²) in [4.78, 5) is 14.0. The maximum atomic E-state index is 12.8. The minimum Gasteiger partial charge on any atom is -0.511 e. The molecular weight excluding hydrogens is 368 g/mol. The summed E-state index contributed by atoms with van der Waals surface area (Å²) in [6.07, 6.45) is 2.46. The fourth-order valence-electron chi connectivity index (χ4n) is 3.74. The van der Waals surface area contributed by atoms with Gasteiger partial charge in [-0.3, -0.25) is 0 Å². The van der Waals surface area contributed by atoms with Crippen molar-refractivity contribution in [2.45, 2.75) is 57.5 Å². The van der Waals surface area contributed by atoms with Crippen molar-refractivity contribution in [2.24, 2.45) is 0 Å². The van der Waals surface area contributed by atoms with E-state index in [2.05, 4.69) is 45.0 Å². The van der Waals surface area contributed by atoms with E-state index in [1.807, 2.05) is 18.2 Å². The van der Waals surface area contributed by atoms with Crippen LogP contribution in [-0.4, -0.2) is 22.9 Å². The van der Waals surface area contributed by atoms with Crippen LogP contribution in [0.5, 0.6) is 0 Å². The van der Waals surface area contributed by atoms with E-state index in [1.54, 1.807) is 11.8 Å². The normalized spacial score (nSPS) is 17.0. The molecule has 0 saturated carbocycles. The van der Waals surface area contributed by atoms with Crippen LogP contribution in [0, 0.1) is 6.92 Å². The number of esters is 1. The highest BCUT2D eigenvalue weighted by atomic mass is 32.2. The van der Waals surface area contributed by atoms with Gasteiger partial charge in [0, 0.05) is 17.1 Å². The molecule has 0 aliphatic carbocycles. The van der Waals surface area contributed by atoms with Crippen LogP contribution >= 0.6 is 11.8 Å². The number of cyclic esters (lactones) is 1. The number of hydrogen-bond acceptors (Lipinski definition) is 4. The molecule has 28 heavy (non-hydrogen) atoms. The molecule has 3 nitrogen and oxygen atoms in total. The summed E-state index contributed by atoms with van der Waals surface area (Å²) in [7, 11) is 0. The zero-order chi connectivity index (χ0) is 20.1. The highest BCUT2D eigenvalue weighted by molar-refractivity contribution is 7.99. The summed E-state index contributed by atoms with van der Waals surface area (Å²) < 4.78 is 5.72. The Hall–Kier alpha value is -2.20. The number of ether oxygens (including phenoxy) is 1. The molecule has 0 spiro atoms. The fourth-order valence-corrected chi connectivity index (χ4v) is 4.71. The van der Waals surface area contributed by atoms with Gasteiger partial charge in [-0.1, -0.05) is 49.7 Å². The molecule has 1 aliphatic heterocycles. The summed E-state index contributed by atoms with van der Waals surface area (Å²) in [5.41, 5.74) is 4.59. The Labute approximate surface area is 171 Å². The molecule has 2 aromatic rings. The number of rotatable bonds is 7. The van der Waals surface area contributed by atoms with Gasteiger partial charge >= 0.3 is 5.97 Å². The van der Waals surface area contributed by atoms with E-state index in [0.29, 0.717) is 12.0 Å². The number of thioether (sulfide) groups is 1. The van der Waals surface area contributed by atoms with Crippen LogP contribution in [0.3, 0.4) is 0 Å². The van der Waals surface area contributed by atoms with Gasteiger partial charge in [0.25, 0.3) is 0 Å². The molecule has 2 aromatic carbocycles. The minimum atomic E-state index is -0.397. The lowest BCUT2D eigenvalue weighted by Gasteiger charge is -2.26. The van der Waals surface area contributed by atoms with Crippen LogP contribution in [0.1, 0.15) is 48.9 Å². The quantitative estimate of drug-likeness (QED) is 0.468. The molecule has 4 heteroatoms. The zero-order valence-corrected chi connectivity index (χ0v) is 17.6. The van der Waals surface area contributed by atoms with Crippen molar-refractivity contribution in [1.82, 2.24) is 0 Å². The maximum absolute atomic E-state index is 12.8. The number of aryl methyl sites for hydroxylation is 3. The Morgan fingerprint density at radius 1 is 1.11 bits per heavy atom. The van der Waals surface area contributed by atoms with E-state index in [0.717, 1.165) is 41.7 Å². The van der Waals surface area contributed by atoms with Crippen molar-refractivity contribution in [3.8, 4) is 0 Å². The molecule has 0 amide bonds. The summed E-state index contributed by atoms with van der Waals surface area (Å²) in [5, 5.41) is 10.8. The highest BCUT2D eigenvalue weighted by Gasteiger charge is 2.32. The number of carbonyl (C=O) groups is 1. The third-order valence-corrected chi connectivity index (χ3v) is 6.14. The largest absolute Gasteiger partial charge is 0.511 e. The predicted molar refractivity (Wildman–Crippen MR) is 116 cm³/mol. The van der Waals surface area contributed by atoms with Crippen LogP contribution < -0.4 is 0 Å². The van der Waals surface area contributed by atoms with Crippen molar-refractivity contribution in [3.05, 3.63) is 70.5 Å². The van der Waals surface area contributed by atoms with Crippen LogP contribution in [0.15, 0.2) is 53.1 Å². The molecule has 1 aliphatic rings. The molecule has 1 atom stereocenters. The first-order chi connectivity index (χ1) is 13.5. The van der Waals surface area contributed by atoms with E-state index in [4.69, 9.17) is 4.74 Å². The van der Waals surface area contributed by atoms with Gasteiger partial charge in [-0.05, 0) is 55.0 Å². The van der Waals surface area contributed by atoms with Crippen LogP contribution in [0.2, 0.25) is 0 Å². The first kappa shape index (κ1) is 20.5. The van der Waals surface area contributed by atoms with Crippen molar-refractivity contribution < 1.29 is 14.6 Å². The van der Waals surface area contributed by atoms with E-state index in [1.165, 1.54) is 10.5 Å². The van der Waals surface area contributed by atoms with E-state index in [9.17, 15) is 9.90 Å². The average molecular weight is 397 g/mol. The fraction of sp³-hybridized carbons (Fsp3) is 0.375. The number of hydrogen-bond donors (Lipinski definition) is 1. The van der Waals surface area contributed by atoms with Gasteiger partial charge in [-0.15, -0.1) is 11.8 Å². The summed E-state index contributed by atoms with van der Waals surface area (Å²) in [5.74, 6) is 0.612. The summed E-state index contributed by atoms with van der Waals surface area (Å²) in [6, 6.07) is 14.4. The molecule has 1 N–H and O–H groups in total. The third kappa shape index (κ3) is 4.61. The first-order valence-corrected chi connectivity index (χ1v) is 11.0. The maximum Gasteiger partial charge on any atom is 0.342 e. The molecule has 0 aromatic heterocycles. The van der Waals surface area contributed by atoms with Gasteiger partial charge in [-0.2, -0.15) is 0 Å². The second kappa shape index (κ2) is 9.33. The Balaban J connectivity index is 1.78. The predicted octanol–water partition coefficient (Wildman–Crippen LogP) is 5.89. The second-order valence-corrected chi connectivity index (χ2v) is 8.34. The Kier molecular flexibility index (Phi) is 6.84. The van der Waals surface area contributed by atoms with Gasteiger partial charge in [0.1, 0.15) is 17.4 Å². The molecule has 1 unspecified atom stereocenters. The standard InChI is InChI=1S/C24H28O3S/c1-4-17-13-16(3)14-18(5-2)22(17)23-21(25)15-19(27-24(23)26)11-12-28-20-9-7-6-8-10-20/h6-10,13-14,19,25H,4-5,11-12,15H2,1-3H3. The molecule has 0 bridgehead atoms. The van der Waals surface area contributed by atoms with E-state index >= 15 is 0 Å². The summed E-state index contributed by atoms with van der Waals surface area (Å²) in [6.45, 7) is 6.22. The number of aliphatic hydroxyl groups is 1. The smallest absolute Gasteiger partial charge is 0.342 e. The zero-order valence-electron chi connectivity index (χ0n) is 16.8. The number of carbonyl (C=O) groups excluding carboxylic acids is 1. The van der Waals surface area contributed by atoms with E-state index < -0.39 is 5.97 Å². The van der Waals surface area contributed by atoms with Crippen molar-refractivity contribution in [2.75, 3.05) is 5.75 Å². The van der Waals surface area contributed by atoms with Crippen molar-refractivity contribution in [1.29, 1.82) is 0 Å². The topological polar surface area (TPSA) is 46.5 Å². The SMILES string of the molecule is CCc1cc(C)cc(CC)c1C1=C(O)CC(CCSc2ccccc2)OC1=O. The molecule has 0 fully saturated rings.